The predicted molar refractivity (Wildman–Crippen MR) is 98.5 cm³/mol. The molecule has 1 aromatic carbocycles. The molecule has 6 heteroatoms. The maximum absolute atomic E-state index is 12.0. The molecular weight excluding hydrogens is 322 g/mol. The second-order valence-electron chi connectivity index (χ2n) is 6.13. The lowest BCUT2D eigenvalue weighted by Gasteiger charge is -2.18. The molecule has 0 saturated heterocycles. The topological polar surface area (TPSA) is 81.1 Å². The van der Waals surface area contributed by atoms with Crippen molar-refractivity contribution in [2.75, 3.05) is 12.3 Å². The maximum atomic E-state index is 12.0. The minimum absolute atomic E-state index is 0.0166. The Bertz CT molecular complexity index is 628. The summed E-state index contributed by atoms with van der Waals surface area (Å²) < 4.78 is 5.49. The van der Waals surface area contributed by atoms with Crippen LogP contribution in [0.2, 0.25) is 0 Å². The molecule has 1 unspecified atom stereocenters. The van der Waals surface area contributed by atoms with Crippen LogP contribution < -0.4 is 11.1 Å². The van der Waals surface area contributed by atoms with E-state index in [1.165, 1.54) is 11.8 Å². The number of hydrogen-bond donors (Lipinski definition) is 2. The highest BCUT2D eigenvalue weighted by atomic mass is 32.2. The summed E-state index contributed by atoms with van der Waals surface area (Å²) in [6, 6.07) is 9.81. The fourth-order valence-electron chi connectivity index (χ4n) is 2.39. The van der Waals surface area contributed by atoms with Crippen molar-refractivity contribution in [1.29, 1.82) is 0 Å². The molecule has 2 rings (SSSR count). The molecule has 1 amide bonds. The first-order chi connectivity index (χ1) is 11.6. The van der Waals surface area contributed by atoms with E-state index in [4.69, 9.17) is 10.2 Å². The van der Waals surface area contributed by atoms with Crippen molar-refractivity contribution in [1.82, 2.24) is 10.3 Å². The molecule has 0 aliphatic rings. The molecule has 5 nitrogen and oxygen atoms in total. The molecule has 0 bridgehead atoms. The van der Waals surface area contributed by atoms with Gasteiger partial charge in [-0.1, -0.05) is 32.0 Å². The van der Waals surface area contributed by atoms with Gasteiger partial charge in [-0.15, -0.1) is 11.8 Å². The van der Waals surface area contributed by atoms with Gasteiger partial charge < -0.3 is 15.5 Å². The molecule has 1 heterocycles. The summed E-state index contributed by atoms with van der Waals surface area (Å²) in [5.74, 6) is 2.17. The summed E-state index contributed by atoms with van der Waals surface area (Å²) >= 11 is 1.52. The van der Waals surface area contributed by atoms with Crippen LogP contribution >= 0.6 is 11.8 Å². The minimum atomic E-state index is 0.0166. The average Bonchev–Trinajstić information content (AvgIpc) is 3.03. The number of nitrogens with zero attached hydrogens (tertiary/aromatic N) is 1. The van der Waals surface area contributed by atoms with Crippen molar-refractivity contribution < 1.29 is 9.21 Å². The largest absolute Gasteiger partial charge is 0.444 e. The fourth-order valence-corrected chi connectivity index (χ4v) is 3.10. The lowest BCUT2D eigenvalue weighted by Crippen LogP contribution is -2.41. The molecule has 2 aromatic rings. The molecule has 0 spiro atoms. The van der Waals surface area contributed by atoms with Gasteiger partial charge in [0.2, 0.25) is 11.8 Å². The van der Waals surface area contributed by atoms with Crippen molar-refractivity contribution in [3.05, 3.63) is 42.3 Å². The highest BCUT2D eigenvalue weighted by molar-refractivity contribution is 7.99. The van der Waals surface area contributed by atoms with E-state index in [2.05, 4.69) is 24.1 Å². The highest BCUT2D eigenvalue weighted by Crippen LogP contribution is 2.20. The number of amides is 1. The second kappa shape index (κ2) is 9.49. The van der Waals surface area contributed by atoms with Gasteiger partial charge in [-0.05, 0) is 24.5 Å². The number of nitrogens with two attached hydrogens (primary N) is 1. The van der Waals surface area contributed by atoms with Gasteiger partial charge in [0.1, 0.15) is 6.26 Å². The van der Waals surface area contributed by atoms with Gasteiger partial charge in [-0.2, -0.15) is 0 Å². The van der Waals surface area contributed by atoms with Crippen LogP contribution in [0.25, 0.3) is 11.5 Å². The van der Waals surface area contributed by atoms with E-state index in [9.17, 15) is 4.79 Å². The van der Waals surface area contributed by atoms with E-state index >= 15 is 0 Å². The summed E-state index contributed by atoms with van der Waals surface area (Å²) in [4.78, 5) is 16.4. The van der Waals surface area contributed by atoms with Gasteiger partial charge in [0.05, 0.1) is 11.4 Å². The second-order valence-corrected chi connectivity index (χ2v) is 7.12. The van der Waals surface area contributed by atoms with Gasteiger partial charge in [-0.25, -0.2) is 4.98 Å². The van der Waals surface area contributed by atoms with E-state index < -0.39 is 0 Å². The monoisotopic (exact) mass is 347 g/mol. The number of carbonyl (C=O) groups is 1. The van der Waals surface area contributed by atoms with Crippen LogP contribution in [0.3, 0.4) is 0 Å². The normalized spacial score (nSPS) is 12.3. The lowest BCUT2D eigenvalue weighted by atomic mass is 10.0. The van der Waals surface area contributed by atoms with E-state index in [0.717, 1.165) is 17.7 Å². The zero-order valence-electron chi connectivity index (χ0n) is 14.2. The summed E-state index contributed by atoms with van der Waals surface area (Å²) in [5, 5.41) is 2.99. The molecule has 0 saturated carbocycles. The summed E-state index contributed by atoms with van der Waals surface area (Å²) in [7, 11) is 0. The van der Waals surface area contributed by atoms with Crippen LogP contribution in [0, 0.1) is 5.92 Å². The van der Waals surface area contributed by atoms with E-state index in [1.807, 2.05) is 30.3 Å². The Morgan fingerprint density at radius 1 is 1.33 bits per heavy atom. The lowest BCUT2D eigenvalue weighted by molar-refractivity contribution is -0.119. The van der Waals surface area contributed by atoms with Gasteiger partial charge >= 0.3 is 0 Å². The number of rotatable bonds is 9. The van der Waals surface area contributed by atoms with Crippen molar-refractivity contribution >= 4 is 17.7 Å². The number of hydrogen-bond acceptors (Lipinski definition) is 5. The highest BCUT2D eigenvalue weighted by Gasteiger charge is 2.13. The smallest absolute Gasteiger partial charge is 0.230 e. The van der Waals surface area contributed by atoms with Gasteiger partial charge in [0.15, 0.2) is 0 Å². The van der Waals surface area contributed by atoms with Crippen molar-refractivity contribution in [3.8, 4) is 11.5 Å². The molecule has 3 N–H and O–H groups in total. The Morgan fingerprint density at radius 3 is 2.75 bits per heavy atom. The first kappa shape index (κ1) is 18.5. The third-order valence-corrected chi connectivity index (χ3v) is 4.43. The molecule has 0 aliphatic carbocycles. The van der Waals surface area contributed by atoms with Gasteiger partial charge in [-0.3, -0.25) is 4.79 Å². The molecule has 130 valence electrons. The first-order valence-electron chi connectivity index (χ1n) is 8.15. The Labute approximate surface area is 147 Å². The van der Waals surface area contributed by atoms with Gasteiger partial charge in [0, 0.05) is 23.9 Å². The van der Waals surface area contributed by atoms with Crippen LogP contribution in [-0.4, -0.2) is 29.2 Å². The SMILES string of the molecule is CC(C)CC(CN)NC(=O)CSCc1coc(-c2ccccc2)n1. The number of benzene rings is 1. The van der Waals surface area contributed by atoms with E-state index in [0.29, 0.717) is 29.9 Å². The van der Waals surface area contributed by atoms with Crippen LogP contribution in [0.1, 0.15) is 26.0 Å². The number of carbonyl (C=O) groups excluding carboxylic acids is 1. The first-order valence-corrected chi connectivity index (χ1v) is 9.31. The Kier molecular flexibility index (Phi) is 7.34. The standard InChI is InChI=1S/C18H25N3O2S/c1-13(2)8-15(9-19)20-17(22)12-24-11-16-10-23-18(21-16)14-6-4-3-5-7-14/h3-7,10,13,15H,8-9,11-12,19H2,1-2H3,(H,20,22). The summed E-state index contributed by atoms with van der Waals surface area (Å²) in [5.41, 5.74) is 7.49. The zero-order valence-corrected chi connectivity index (χ0v) is 15.0. The Hall–Kier alpha value is -1.79. The predicted octanol–water partition coefficient (Wildman–Crippen LogP) is 3.06. The third kappa shape index (κ3) is 6.02. The molecule has 0 fully saturated rings. The van der Waals surface area contributed by atoms with Gasteiger partial charge in [0.25, 0.3) is 0 Å². The third-order valence-electron chi connectivity index (χ3n) is 3.46. The van der Waals surface area contributed by atoms with Crippen LogP contribution in [0.5, 0.6) is 0 Å². The Balaban J connectivity index is 1.76. The molecular formula is C18H25N3O2S. The summed E-state index contributed by atoms with van der Waals surface area (Å²) in [6.45, 7) is 4.72. The molecule has 0 radical (unpaired) electrons. The molecule has 1 aromatic heterocycles. The van der Waals surface area contributed by atoms with Crippen LogP contribution in [-0.2, 0) is 10.5 Å². The summed E-state index contributed by atoms with van der Waals surface area (Å²) in [6.07, 6.45) is 2.55. The van der Waals surface area contributed by atoms with E-state index in [1.54, 1.807) is 6.26 Å². The van der Waals surface area contributed by atoms with Crippen molar-refractivity contribution in [3.63, 3.8) is 0 Å². The van der Waals surface area contributed by atoms with Crippen molar-refractivity contribution in [2.24, 2.45) is 11.7 Å². The molecule has 24 heavy (non-hydrogen) atoms. The molecule has 0 aliphatic heterocycles. The quantitative estimate of drug-likeness (QED) is 0.728. The fraction of sp³-hybridized carbons (Fsp3) is 0.444. The van der Waals surface area contributed by atoms with E-state index in [-0.39, 0.29) is 11.9 Å². The number of nitrogens with one attached hydrogen (secondary N) is 1. The average molecular weight is 347 g/mol. The molecule has 1 atom stereocenters. The van der Waals surface area contributed by atoms with Crippen molar-refractivity contribution in [2.45, 2.75) is 32.1 Å². The number of thioether (sulfide) groups is 1. The minimum Gasteiger partial charge on any atom is -0.444 e. The Morgan fingerprint density at radius 2 is 2.08 bits per heavy atom. The zero-order chi connectivity index (χ0) is 17.4. The maximum Gasteiger partial charge on any atom is 0.230 e. The van der Waals surface area contributed by atoms with Crippen LogP contribution in [0.4, 0.5) is 0 Å². The van der Waals surface area contributed by atoms with Crippen LogP contribution in [0.15, 0.2) is 41.0 Å². The number of oxazole rings is 1. The number of aromatic nitrogens is 1.